The monoisotopic (exact) mass is 493 g/mol. The predicted molar refractivity (Wildman–Crippen MR) is 149 cm³/mol. The second-order valence-electron chi connectivity index (χ2n) is 9.13. The molecule has 0 atom stereocenters. The van der Waals surface area contributed by atoms with Crippen LogP contribution in [0.1, 0.15) is 69.7 Å². The number of halogens is 2. The van der Waals surface area contributed by atoms with Gasteiger partial charge < -0.3 is 0 Å². The van der Waals surface area contributed by atoms with E-state index in [1.165, 1.54) is 22.3 Å². The summed E-state index contributed by atoms with van der Waals surface area (Å²) in [5.41, 5.74) is 14.0. The summed E-state index contributed by atoms with van der Waals surface area (Å²) >= 11 is 13.4. The molecular weight excluding hydrogens is 461 g/mol. The first-order valence-electron chi connectivity index (χ1n) is 11.5. The maximum absolute atomic E-state index is 6.69. The van der Waals surface area contributed by atoms with Crippen LogP contribution >= 0.6 is 23.2 Å². The molecule has 3 nitrogen and oxygen atoms in total. The van der Waals surface area contributed by atoms with E-state index >= 15 is 0 Å². The molecule has 0 amide bonds. The van der Waals surface area contributed by atoms with Crippen molar-refractivity contribution in [1.82, 2.24) is 4.98 Å². The van der Waals surface area contributed by atoms with Crippen LogP contribution in [-0.2, 0) is 0 Å². The molecule has 0 spiro atoms. The van der Waals surface area contributed by atoms with E-state index in [4.69, 9.17) is 38.2 Å². The van der Waals surface area contributed by atoms with Crippen LogP contribution in [0.25, 0.3) is 0 Å². The molecule has 0 fully saturated rings. The van der Waals surface area contributed by atoms with Gasteiger partial charge in [-0.3, -0.25) is 0 Å². The van der Waals surface area contributed by atoms with Crippen molar-refractivity contribution in [3.8, 4) is 0 Å². The van der Waals surface area contributed by atoms with Gasteiger partial charge in [0.2, 0.25) is 0 Å². The zero-order chi connectivity index (χ0) is 25.5. The van der Waals surface area contributed by atoms with Crippen molar-refractivity contribution in [3.05, 3.63) is 84.1 Å². The zero-order valence-corrected chi connectivity index (χ0v) is 23.3. The van der Waals surface area contributed by atoms with Crippen LogP contribution in [0.3, 0.4) is 0 Å². The molecule has 1 heterocycles. The van der Waals surface area contributed by atoms with Crippen LogP contribution in [0, 0.1) is 55.4 Å². The molecule has 0 aliphatic rings. The van der Waals surface area contributed by atoms with E-state index in [-0.39, 0.29) is 0 Å². The summed E-state index contributed by atoms with van der Waals surface area (Å²) in [6.07, 6.45) is 0. The fourth-order valence-corrected chi connectivity index (χ4v) is 4.70. The molecule has 1 aromatic heterocycles. The molecule has 0 aliphatic carbocycles. The summed E-state index contributed by atoms with van der Waals surface area (Å²) in [6, 6.07) is 5.91. The molecule has 3 aromatic rings. The fourth-order valence-electron chi connectivity index (χ4n) is 4.05. The number of nitrogens with zero attached hydrogens (tertiary/aromatic N) is 3. The van der Waals surface area contributed by atoms with Crippen LogP contribution in [0.2, 0.25) is 10.0 Å². The van der Waals surface area contributed by atoms with Crippen molar-refractivity contribution in [2.75, 3.05) is 0 Å². The van der Waals surface area contributed by atoms with E-state index in [0.717, 1.165) is 56.4 Å². The SMILES string of the molecule is CC(=Nc1c(C)c(C)c(C)c(C)c1Cl)c1cccc(/C(C)=N/c2c(C)c(C)c(C)c(C)c2Cl)n1. The van der Waals surface area contributed by atoms with Gasteiger partial charge in [-0.15, -0.1) is 0 Å². The maximum Gasteiger partial charge on any atom is 0.0854 e. The third kappa shape index (κ3) is 4.69. The van der Waals surface area contributed by atoms with Gasteiger partial charge in [0.15, 0.2) is 0 Å². The molecule has 34 heavy (non-hydrogen) atoms. The van der Waals surface area contributed by atoms with Gasteiger partial charge in [-0.1, -0.05) is 29.3 Å². The number of hydrogen-bond acceptors (Lipinski definition) is 3. The highest BCUT2D eigenvalue weighted by molar-refractivity contribution is 6.34. The van der Waals surface area contributed by atoms with Crippen LogP contribution in [-0.4, -0.2) is 16.4 Å². The molecule has 0 saturated heterocycles. The third-order valence-electron chi connectivity index (χ3n) is 7.21. The quantitative estimate of drug-likeness (QED) is 0.333. The second kappa shape index (κ2) is 10.0. The first-order chi connectivity index (χ1) is 15.9. The molecule has 0 N–H and O–H groups in total. The molecular formula is C29H33Cl2N3. The first kappa shape index (κ1) is 26.1. The maximum atomic E-state index is 6.69. The minimum Gasteiger partial charge on any atom is -0.250 e. The van der Waals surface area contributed by atoms with E-state index < -0.39 is 0 Å². The molecule has 3 rings (SSSR count). The molecule has 0 unspecified atom stereocenters. The average Bonchev–Trinajstić information content (AvgIpc) is 2.84. The van der Waals surface area contributed by atoms with Gasteiger partial charge in [0.1, 0.15) is 0 Å². The Morgan fingerprint density at radius 3 is 1.24 bits per heavy atom. The van der Waals surface area contributed by atoms with E-state index in [9.17, 15) is 0 Å². The predicted octanol–water partition coefficient (Wildman–Crippen LogP) is 9.14. The van der Waals surface area contributed by atoms with Crippen molar-refractivity contribution < 1.29 is 0 Å². The summed E-state index contributed by atoms with van der Waals surface area (Å²) in [4.78, 5) is 14.7. The summed E-state index contributed by atoms with van der Waals surface area (Å²) in [7, 11) is 0. The second-order valence-corrected chi connectivity index (χ2v) is 9.88. The Hall–Kier alpha value is -2.49. The summed E-state index contributed by atoms with van der Waals surface area (Å²) < 4.78 is 0. The molecule has 5 heteroatoms. The van der Waals surface area contributed by atoms with E-state index in [1.807, 2.05) is 45.9 Å². The minimum atomic E-state index is 0.698. The van der Waals surface area contributed by atoms with E-state index in [2.05, 4.69) is 41.5 Å². The Balaban J connectivity index is 2.08. The standard InChI is InChI=1S/C29H33Cl2N3/c1-14-16(3)20(7)28(26(30)18(14)5)32-22(9)24-12-11-13-25(34-24)23(10)33-29-21(8)17(4)15(2)19(6)27(29)31/h11-13H,1-10H3/b32-22+,33-23?. The minimum absolute atomic E-state index is 0.698. The number of aromatic nitrogens is 1. The number of pyridine rings is 1. The van der Waals surface area contributed by atoms with Crippen LogP contribution < -0.4 is 0 Å². The zero-order valence-electron chi connectivity index (χ0n) is 21.8. The third-order valence-corrected chi connectivity index (χ3v) is 8.13. The number of aliphatic imine (C=N–C) groups is 2. The van der Waals surface area contributed by atoms with Crippen LogP contribution in [0.5, 0.6) is 0 Å². The van der Waals surface area contributed by atoms with Gasteiger partial charge in [0.25, 0.3) is 0 Å². The average molecular weight is 495 g/mol. The van der Waals surface area contributed by atoms with Crippen molar-refractivity contribution >= 4 is 46.0 Å². The van der Waals surface area contributed by atoms with Gasteiger partial charge in [0.05, 0.1) is 44.2 Å². The Morgan fingerprint density at radius 1 is 0.559 bits per heavy atom. The van der Waals surface area contributed by atoms with Gasteiger partial charge in [0, 0.05) is 0 Å². The van der Waals surface area contributed by atoms with Crippen molar-refractivity contribution in [2.24, 2.45) is 9.98 Å². The molecule has 178 valence electrons. The lowest BCUT2D eigenvalue weighted by Gasteiger charge is -2.15. The Labute approximate surface area is 214 Å². The molecule has 0 aliphatic heterocycles. The highest BCUT2D eigenvalue weighted by atomic mass is 35.5. The summed E-state index contributed by atoms with van der Waals surface area (Å²) in [5, 5.41) is 1.40. The lowest BCUT2D eigenvalue weighted by molar-refractivity contribution is 1.19. The molecule has 0 bridgehead atoms. The van der Waals surface area contributed by atoms with Crippen LogP contribution in [0.15, 0.2) is 28.2 Å². The fraction of sp³-hybridized carbons (Fsp3) is 0.345. The van der Waals surface area contributed by atoms with Crippen LogP contribution in [0.4, 0.5) is 11.4 Å². The number of rotatable bonds is 4. The Bertz CT molecular complexity index is 1210. The van der Waals surface area contributed by atoms with Crippen molar-refractivity contribution in [2.45, 2.75) is 69.2 Å². The summed E-state index contributed by atoms with van der Waals surface area (Å²) in [6.45, 7) is 20.6. The highest BCUT2D eigenvalue weighted by Crippen LogP contribution is 2.38. The molecule has 0 radical (unpaired) electrons. The number of hydrogen-bond donors (Lipinski definition) is 0. The van der Waals surface area contributed by atoms with Gasteiger partial charge >= 0.3 is 0 Å². The topological polar surface area (TPSA) is 37.6 Å². The van der Waals surface area contributed by atoms with Gasteiger partial charge in [-0.2, -0.15) is 0 Å². The van der Waals surface area contributed by atoms with E-state index in [1.54, 1.807) is 0 Å². The number of benzene rings is 2. The molecule has 0 saturated carbocycles. The molecule has 2 aromatic carbocycles. The first-order valence-corrected chi connectivity index (χ1v) is 12.2. The summed E-state index contributed by atoms with van der Waals surface area (Å²) in [5.74, 6) is 0. The Kier molecular flexibility index (Phi) is 7.69. The van der Waals surface area contributed by atoms with Crippen molar-refractivity contribution in [3.63, 3.8) is 0 Å². The smallest absolute Gasteiger partial charge is 0.0854 e. The highest BCUT2D eigenvalue weighted by Gasteiger charge is 2.16. The normalized spacial score (nSPS) is 12.5. The van der Waals surface area contributed by atoms with Crippen molar-refractivity contribution in [1.29, 1.82) is 0 Å². The lowest BCUT2D eigenvalue weighted by atomic mass is 9.97. The Morgan fingerprint density at radius 2 is 0.882 bits per heavy atom. The van der Waals surface area contributed by atoms with Gasteiger partial charge in [-0.05, 0) is 126 Å². The lowest BCUT2D eigenvalue weighted by Crippen LogP contribution is -2.06. The van der Waals surface area contributed by atoms with E-state index in [0.29, 0.717) is 10.0 Å². The van der Waals surface area contributed by atoms with Gasteiger partial charge in [-0.25, -0.2) is 15.0 Å². The largest absolute Gasteiger partial charge is 0.250 e.